The number of aromatic nitrogens is 1. The molecule has 0 unspecified atom stereocenters. The number of hydrogen-bond donors (Lipinski definition) is 0. The minimum absolute atomic E-state index is 0.000191. The van der Waals surface area contributed by atoms with Crippen LogP contribution in [0.2, 0.25) is 0 Å². The lowest BCUT2D eigenvalue weighted by molar-refractivity contribution is 0.0827. The number of nitrogens with zero attached hydrogens (tertiary/aromatic N) is 2. The van der Waals surface area contributed by atoms with E-state index in [1.165, 1.54) is 0 Å². The normalized spacial score (nSPS) is 10.1. The van der Waals surface area contributed by atoms with Gasteiger partial charge in [0.1, 0.15) is 0 Å². The van der Waals surface area contributed by atoms with E-state index >= 15 is 0 Å². The lowest BCUT2D eigenvalue weighted by Crippen LogP contribution is -2.21. The quantitative estimate of drug-likeness (QED) is 0.797. The first-order chi connectivity index (χ1) is 7.68. The first-order valence-corrected chi connectivity index (χ1v) is 5.78. The fourth-order valence-electron chi connectivity index (χ4n) is 1.38. The van der Waals surface area contributed by atoms with Crippen LogP contribution in [-0.4, -0.2) is 29.9 Å². The highest BCUT2D eigenvalue weighted by Gasteiger charge is 2.09. The zero-order chi connectivity index (χ0) is 11.5. The second-order valence-electron chi connectivity index (χ2n) is 3.61. The molecule has 0 saturated carbocycles. The second-order valence-corrected chi connectivity index (χ2v) is 4.55. The van der Waals surface area contributed by atoms with Gasteiger partial charge in [-0.25, -0.2) is 0 Å². The van der Waals surface area contributed by atoms with Gasteiger partial charge in [-0.1, -0.05) is 6.07 Å². The Balaban J connectivity index is 2.37. The Hall–Kier alpha value is -1.68. The summed E-state index contributed by atoms with van der Waals surface area (Å²) in [5.74, 6) is 0.000191. The number of thiophene rings is 1. The standard InChI is InChI=1S/C12H12N2OS/c1-14(2)12(15)9-5-6-13-10(8-9)11-4-3-7-16-11/h3-8H,1-2H3. The predicted octanol–water partition coefficient (Wildman–Crippen LogP) is 2.51. The number of pyridine rings is 1. The number of rotatable bonds is 2. The fraction of sp³-hybridized carbons (Fsp3) is 0.167. The van der Waals surface area contributed by atoms with Crippen LogP contribution in [0.3, 0.4) is 0 Å². The molecule has 0 aliphatic rings. The second kappa shape index (κ2) is 4.45. The SMILES string of the molecule is CN(C)C(=O)c1ccnc(-c2cccs2)c1. The highest BCUT2D eigenvalue weighted by Crippen LogP contribution is 2.23. The van der Waals surface area contributed by atoms with E-state index < -0.39 is 0 Å². The summed E-state index contributed by atoms with van der Waals surface area (Å²) in [6.07, 6.45) is 1.67. The van der Waals surface area contributed by atoms with E-state index in [4.69, 9.17) is 0 Å². The maximum Gasteiger partial charge on any atom is 0.253 e. The zero-order valence-electron chi connectivity index (χ0n) is 9.18. The largest absolute Gasteiger partial charge is 0.345 e. The van der Waals surface area contributed by atoms with Crippen molar-refractivity contribution in [2.75, 3.05) is 14.1 Å². The van der Waals surface area contributed by atoms with Crippen LogP contribution >= 0.6 is 11.3 Å². The molecule has 0 aromatic carbocycles. The van der Waals surface area contributed by atoms with Crippen LogP contribution in [0.25, 0.3) is 10.6 Å². The van der Waals surface area contributed by atoms with Crippen molar-refractivity contribution in [3.05, 3.63) is 41.4 Å². The number of carbonyl (C=O) groups is 1. The van der Waals surface area contributed by atoms with E-state index in [1.807, 2.05) is 23.6 Å². The van der Waals surface area contributed by atoms with Crippen molar-refractivity contribution in [2.24, 2.45) is 0 Å². The van der Waals surface area contributed by atoms with Crippen molar-refractivity contribution in [1.82, 2.24) is 9.88 Å². The molecule has 4 heteroatoms. The Morgan fingerprint density at radius 3 is 2.81 bits per heavy atom. The molecule has 0 bridgehead atoms. The van der Waals surface area contributed by atoms with Gasteiger partial charge in [-0.3, -0.25) is 9.78 Å². The van der Waals surface area contributed by atoms with E-state index in [1.54, 1.807) is 42.6 Å². The van der Waals surface area contributed by atoms with Gasteiger partial charge in [0.05, 0.1) is 10.6 Å². The van der Waals surface area contributed by atoms with E-state index in [9.17, 15) is 4.79 Å². The molecule has 0 aliphatic carbocycles. The van der Waals surface area contributed by atoms with E-state index in [2.05, 4.69) is 4.98 Å². The fourth-order valence-corrected chi connectivity index (χ4v) is 2.07. The van der Waals surface area contributed by atoms with Crippen molar-refractivity contribution in [2.45, 2.75) is 0 Å². The van der Waals surface area contributed by atoms with Crippen LogP contribution < -0.4 is 0 Å². The smallest absolute Gasteiger partial charge is 0.253 e. The third-order valence-electron chi connectivity index (χ3n) is 2.19. The summed E-state index contributed by atoms with van der Waals surface area (Å²) in [6, 6.07) is 7.53. The van der Waals surface area contributed by atoms with Gasteiger partial charge in [0, 0.05) is 25.9 Å². The van der Waals surface area contributed by atoms with Crippen LogP contribution in [0.15, 0.2) is 35.8 Å². The zero-order valence-corrected chi connectivity index (χ0v) is 9.99. The van der Waals surface area contributed by atoms with Crippen molar-refractivity contribution in [1.29, 1.82) is 0 Å². The minimum atomic E-state index is 0.000191. The van der Waals surface area contributed by atoms with Crippen molar-refractivity contribution in [3.63, 3.8) is 0 Å². The summed E-state index contributed by atoms with van der Waals surface area (Å²) in [5, 5.41) is 2.00. The van der Waals surface area contributed by atoms with Crippen LogP contribution in [-0.2, 0) is 0 Å². The summed E-state index contributed by atoms with van der Waals surface area (Å²) in [7, 11) is 3.49. The van der Waals surface area contributed by atoms with Crippen molar-refractivity contribution in [3.8, 4) is 10.6 Å². The summed E-state index contributed by atoms with van der Waals surface area (Å²) >= 11 is 1.62. The van der Waals surface area contributed by atoms with Crippen LogP contribution in [0.1, 0.15) is 10.4 Å². The van der Waals surface area contributed by atoms with E-state index in [-0.39, 0.29) is 5.91 Å². The molecule has 2 rings (SSSR count). The molecule has 2 heterocycles. The molecule has 2 aromatic heterocycles. The molecule has 0 aliphatic heterocycles. The molecule has 16 heavy (non-hydrogen) atoms. The summed E-state index contributed by atoms with van der Waals surface area (Å²) in [5.41, 5.74) is 1.52. The van der Waals surface area contributed by atoms with Gasteiger partial charge < -0.3 is 4.90 Å². The molecule has 3 nitrogen and oxygen atoms in total. The van der Waals surface area contributed by atoms with Crippen molar-refractivity contribution < 1.29 is 4.79 Å². The Bertz CT molecular complexity index is 491. The molecule has 0 radical (unpaired) electrons. The van der Waals surface area contributed by atoms with Crippen molar-refractivity contribution >= 4 is 17.2 Å². The van der Waals surface area contributed by atoms with Gasteiger partial charge >= 0.3 is 0 Å². The summed E-state index contributed by atoms with van der Waals surface area (Å²) < 4.78 is 0. The molecule has 1 amide bonds. The first kappa shape index (κ1) is 10.8. The third-order valence-corrected chi connectivity index (χ3v) is 3.08. The van der Waals surface area contributed by atoms with Gasteiger partial charge in [-0.15, -0.1) is 11.3 Å². The van der Waals surface area contributed by atoms with Crippen LogP contribution in [0.4, 0.5) is 0 Å². The molecule has 0 fully saturated rings. The molecular weight excluding hydrogens is 220 g/mol. The van der Waals surface area contributed by atoms with Gasteiger partial charge in [-0.05, 0) is 23.6 Å². The molecule has 0 atom stereocenters. The maximum absolute atomic E-state index is 11.8. The Kier molecular flexibility index (Phi) is 3.01. The number of carbonyl (C=O) groups excluding carboxylic acids is 1. The average molecular weight is 232 g/mol. The highest BCUT2D eigenvalue weighted by atomic mass is 32.1. The number of amides is 1. The van der Waals surface area contributed by atoms with Gasteiger partial charge in [0.2, 0.25) is 0 Å². The molecule has 0 N–H and O–H groups in total. The molecule has 0 saturated heterocycles. The van der Waals surface area contributed by atoms with E-state index in [0.717, 1.165) is 10.6 Å². The Labute approximate surface area is 98.4 Å². The summed E-state index contributed by atoms with van der Waals surface area (Å²) in [4.78, 5) is 18.7. The predicted molar refractivity (Wildman–Crippen MR) is 65.6 cm³/mol. The number of hydrogen-bond acceptors (Lipinski definition) is 3. The van der Waals surface area contributed by atoms with Gasteiger partial charge in [0.25, 0.3) is 5.91 Å². The average Bonchev–Trinajstić information content (AvgIpc) is 2.81. The topological polar surface area (TPSA) is 33.2 Å². The third kappa shape index (κ3) is 2.12. The highest BCUT2D eigenvalue weighted by molar-refractivity contribution is 7.13. The summed E-state index contributed by atoms with van der Waals surface area (Å²) in [6.45, 7) is 0. The Morgan fingerprint density at radius 1 is 1.38 bits per heavy atom. The lowest BCUT2D eigenvalue weighted by Gasteiger charge is -2.10. The molecule has 0 spiro atoms. The Morgan fingerprint density at radius 2 is 2.19 bits per heavy atom. The minimum Gasteiger partial charge on any atom is -0.345 e. The first-order valence-electron chi connectivity index (χ1n) is 4.90. The van der Waals surface area contributed by atoms with Gasteiger partial charge in [-0.2, -0.15) is 0 Å². The van der Waals surface area contributed by atoms with Crippen LogP contribution in [0.5, 0.6) is 0 Å². The van der Waals surface area contributed by atoms with Gasteiger partial charge in [0.15, 0.2) is 0 Å². The van der Waals surface area contributed by atoms with Crippen LogP contribution in [0, 0.1) is 0 Å². The lowest BCUT2D eigenvalue weighted by atomic mass is 10.2. The molecular formula is C12H12N2OS. The monoisotopic (exact) mass is 232 g/mol. The molecule has 2 aromatic rings. The molecule has 82 valence electrons. The van der Waals surface area contributed by atoms with E-state index in [0.29, 0.717) is 5.56 Å². The maximum atomic E-state index is 11.8.